The van der Waals surface area contributed by atoms with Crippen LogP contribution in [0, 0.1) is 5.92 Å². The number of alkyl halides is 3. The van der Waals surface area contributed by atoms with Crippen molar-refractivity contribution in [1.29, 1.82) is 0 Å². The quantitative estimate of drug-likeness (QED) is 0.815. The molecule has 0 atom stereocenters. The van der Waals surface area contributed by atoms with E-state index in [1.807, 2.05) is 18.7 Å². The molecule has 2 aromatic rings. The topological polar surface area (TPSA) is 54.3 Å². The zero-order chi connectivity index (χ0) is 19.6. The monoisotopic (exact) mass is 381 g/mol. The van der Waals surface area contributed by atoms with Gasteiger partial charge in [0.15, 0.2) is 0 Å². The van der Waals surface area contributed by atoms with Crippen LogP contribution in [0.5, 0.6) is 0 Å². The van der Waals surface area contributed by atoms with E-state index in [-0.39, 0.29) is 5.56 Å². The summed E-state index contributed by atoms with van der Waals surface area (Å²) >= 11 is 0. The maximum Gasteiger partial charge on any atom is 0.433 e. The van der Waals surface area contributed by atoms with E-state index < -0.39 is 11.9 Å². The van der Waals surface area contributed by atoms with Crippen molar-refractivity contribution >= 4 is 11.5 Å². The highest BCUT2D eigenvalue weighted by molar-refractivity contribution is 5.48. The molecule has 146 valence electrons. The average molecular weight is 381 g/mol. The van der Waals surface area contributed by atoms with E-state index in [2.05, 4.69) is 15.0 Å². The fourth-order valence-electron chi connectivity index (χ4n) is 3.02. The number of pyridine rings is 1. The largest absolute Gasteiger partial charge is 0.433 e. The SMILES string of the molecule is CC(C)Cn1nc(N2CCN(c3ccc(C(F)(F)F)nc3)CC2)ccc1=O. The van der Waals surface area contributed by atoms with Gasteiger partial charge in [-0.05, 0) is 24.1 Å². The number of hydrogen-bond acceptors (Lipinski definition) is 5. The van der Waals surface area contributed by atoms with Gasteiger partial charge in [-0.15, -0.1) is 0 Å². The van der Waals surface area contributed by atoms with Crippen LogP contribution in [0.15, 0.2) is 35.3 Å². The van der Waals surface area contributed by atoms with Crippen molar-refractivity contribution in [3.63, 3.8) is 0 Å². The van der Waals surface area contributed by atoms with Crippen LogP contribution in [0.3, 0.4) is 0 Å². The van der Waals surface area contributed by atoms with Crippen LogP contribution in [0.4, 0.5) is 24.7 Å². The maximum absolute atomic E-state index is 12.6. The van der Waals surface area contributed by atoms with Gasteiger partial charge in [-0.3, -0.25) is 4.79 Å². The summed E-state index contributed by atoms with van der Waals surface area (Å²) in [6.45, 7) is 7.21. The van der Waals surface area contributed by atoms with E-state index in [0.29, 0.717) is 44.3 Å². The van der Waals surface area contributed by atoms with E-state index in [9.17, 15) is 18.0 Å². The Morgan fingerprint density at radius 2 is 1.70 bits per heavy atom. The van der Waals surface area contributed by atoms with E-state index in [1.165, 1.54) is 23.0 Å². The Labute approximate surface area is 155 Å². The summed E-state index contributed by atoms with van der Waals surface area (Å²) in [5.41, 5.74) is -0.344. The van der Waals surface area contributed by atoms with Crippen LogP contribution in [-0.2, 0) is 12.7 Å². The molecule has 0 N–H and O–H groups in total. The van der Waals surface area contributed by atoms with Gasteiger partial charge >= 0.3 is 6.18 Å². The summed E-state index contributed by atoms with van der Waals surface area (Å²) in [7, 11) is 0. The fourth-order valence-corrected chi connectivity index (χ4v) is 3.02. The Morgan fingerprint density at radius 1 is 1.04 bits per heavy atom. The predicted molar refractivity (Wildman–Crippen MR) is 97.0 cm³/mol. The molecule has 0 radical (unpaired) electrons. The molecule has 1 fully saturated rings. The van der Waals surface area contributed by atoms with Crippen molar-refractivity contribution in [2.75, 3.05) is 36.0 Å². The zero-order valence-corrected chi connectivity index (χ0v) is 15.3. The van der Waals surface area contributed by atoms with Gasteiger partial charge in [0.2, 0.25) is 0 Å². The van der Waals surface area contributed by atoms with Gasteiger partial charge in [0, 0.05) is 38.8 Å². The second kappa shape index (κ2) is 7.58. The molecule has 27 heavy (non-hydrogen) atoms. The third-order valence-corrected chi connectivity index (χ3v) is 4.40. The van der Waals surface area contributed by atoms with Gasteiger partial charge < -0.3 is 9.80 Å². The highest BCUT2D eigenvalue weighted by atomic mass is 19.4. The van der Waals surface area contributed by atoms with Crippen LogP contribution in [-0.4, -0.2) is 40.9 Å². The van der Waals surface area contributed by atoms with E-state index in [4.69, 9.17) is 0 Å². The van der Waals surface area contributed by atoms with Crippen molar-refractivity contribution in [2.24, 2.45) is 5.92 Å². The Hall–Kier alpha value is -2.58. The molecule has 0 aliphatic carbocycles. The summed E-state index contributed by atoms with van der Waals surface area (Å²) in [5.74, 6) is 1.05. The van der Waals surface area contributed by atoms with Crippen molar-refractivity contribution in [2.45, 2.75) is 26.6 Å². The predicted octanol–water partition coefficient (Wildman–Crippen LogP) is 2.64. The first-order chi connectivity index (χ1) is 12.7. The second-order valence-corrected chi connectivity index (χ2v) is 6.98. The zero-order valence-electron chi connectivity index (χ0n) is 15.3. The molecule has 0 bridgehead atoms. The van der Waals surface area contributed by atoms with Gasteiger partial charge in [-0.25, -0.2) is 9.67 Å². The molecule has 0 amide bonds. The lowest BCUT2D eigenvalue weighted by atomic mass is 10.2. The molecular weight excluding hydrogens is 359 g/mol. The minimum atomic E-state index is -4.43. The van der Waals surface area contributed by atoms with Gasteiger partial charge in [0.25, 0.3) is 5.56 Å². The normalized spacial score (nSPS) is 15.5. The minimum Gasteiger partial charge on any atom is -0.367 e. The maximum atomic E-state index is 12.6. The summed E-state index contributed by atoms with van der Waals surface area (Å²) in [4.78, 5) is 19.5. The Kier molecular flexibility index (Phi) is 5.38. The summed E-state index contributed by atoms with van der Waals surface area (Å²) < 4.78 is 39.4. The third-order valence-electron chi connectivity index (χ3n) is 4.40. The Balaban J connectivity index is 1.66. The van der Waals surface area contributed by atoms with E-state index in [1.54, 1.807) is 6.07 Å². The molecule has 0 aromatic carbocycles. The molecule has 0 saturated carbocycles. The molecule has 1 aliphatic rings. The van der Waals surface area contributed by atoms with Crippen molar-refractivity contribution < 1.29 is 13.2 Å². The molecule has 1 aliphatic heterocycles. The molecule has 3 rings (SSSR count). The number of hydrogen-bond donors (Lipinski definition) is 0. The first kappa shape index (κ1) is 19.2. The molecule has 2 aromatic heterocycles. The number of rotatable bonds is 4. The van der Waals surface area contributed by atoms with E-state index in [0.717, 1.165) is 11.9 Å². The Bertz CT molecular complexity index is 824. The summed E-state index contributed by atoms with van der Waals surface area (Å²) in [5, 5.41) is 4.45. The van der Waals surface area contributed by atoms with Crippen LogP contribution < -0.4 is 15.4 Å². The first-order valence-electron chi connectivity index (χ1n) is 8.85. The molecule has 0 unspecified atom stereocenters. The third kappa shape index (κ3) is 4.58. The summed E-state index contributed by atoms with van der Waals surface area (Å²) in [6, 6.07) is 5.70. The minimum absolute atomic E-state index is 0.123. The van der Waals surface area contributed by atoms with Crippen LogP contribution >= 0.6 is 0 Å². The fraction of sp³-hybridized carbons (Fsp3) is 0.500. The van der Waals surface area contributed by atoms with Gasteiger partial charge in [0.05, 0.1) is 11.9 Å². The van der Waals surface area contributed by atoms with Crippen LogP contribution in [0.2, 0.25) is 0 Å². The molecule has 3 heterocycles. The van der Waals surface area contributed by atoms with E-state index >= 15 is 0 Å². The lowest BCUT2D eigenvalue weighted by Crippen LogP contribution is -2.47. The Morgan fingerprint density at radius 3 is 2.26 bits per heavy atom. The van der Waals surface area contributed by atoms with Crippen LogP contribution in [0.25, 0.3) is 0 Å². The molecule has 9 heteroatoms. The number of anilines is 2. The summed E-state index contributed by atoms with van der Waals surface area (Å²) in [6.07, 6.45) is -3.17. The first-order valence-corrected chi connectivity index (χ1v) is 8.85. The molecular formula is C18H22F3N5O. The number of piperazine rings is 1. The number of halogens is 3. The second-order valence-electron chi connectivity index (χ2n) is 6.98. The van der Waals surface area contributed by atoms with Gasteiger partial charge in [-0.2, -0.15) is 18.3 Å². The number of aromatic nitrogens is 3. The lowest BCUT2D eigenvalue weighted by Gasteiger charge is -2.36. The van der Waals surface area contributed by atoms with Gasteiger partial charge in [0.1, 0.15) is 11.5 Å². The highest BCUT2D eigenvalue weighted by Gasteiger charge is 2.32. The highest BCUT2D eigenvalue weighted by Crippen LogP contribution is 2.28. The van der Waals surface area contributed by atoms with Crippen molar-refractivity contribution in [3.05, 3.63) is 46.5 Å². The molecule has 1 saturated heterocycles. The molecule has 6 nitrogen and oxygen atoms in total. The van der Waals surface area contributed by atoms with Crippen molar-refractivity contribution in [3.8, 4) is 0 Å². The van der Waals surface area contributed by atoms with Crippen LogP contribution in [0.1, 0.15) is 19.5 Å². The lowest BCUT2D eigenvalue weighted by molar-refractivity contribution is -0.141. The smallest absolute Gasteiger partial charge is 0.367 e. The van der Waals surface area contributed by atoms with Gasteiger partial charge in [-0.1, -0.05) is 13.8 Å². The molecule has 0 spiro atoms. The standard InChI is InChI=1S/C18H22F3N5O/c1-13(2)12-26-17(27)6-5-16(23-26)25-9-7-24(8-10-25)14-3-4-15(22-11-14)18(19,20)21/h3-6,11,13H,7-10,12H2,1-2H3. The average Bonchev–Trinajstić information content (AvgIpc) is 2.63. The van der Waals surface area contributed by atoms with Crippen molar-refractivity contribution in [1.82, 2.24) is 14.8 Å². The number of nitrogens with zero attached hydrogens (tertiary/aromatic N) is 5.